The van der Waals surface area contributed by atoms with Gasteiger partial charge in [-0.05, 0) is 51.2 Å². The Hall–Kier alpha value is -2.57. The lowest BCUT2D eigenvalue weighted by Gasteiger charge is -2.30. The largest absolute Gasteiger partial charge is 0.391 e. The number of aliphatic imine (C=N–C) groups is 1. The smallest absolute Gasteiger partial charge is 0.227 e. The van der Waals surface area contributed by atoms with E-state index in [4.69, 9.17) is 5.73 Å². The third-order valence-corrected chi connectivity index (χ3v) is 5.68. The van der Waals surface area contributed by atoms with Gasteiger partial charge in [-0.25, -0.2) is 4.99 Å². The van der Waals surface area contributed by atoms with E-state index >= 15 is 0 Å². The van der Waals surface area contributed by atoms with Gasteiger partial charge in [0.25, 0.3) is 0 Å². The van der Waals surface area contributed by atoms with Gasteiger partial charge in [0.2, 0.25) is 11.8 Å². The number of hydrogen-bond donors (Lipinski definition) is 3. The van der Waals surface area contributed by atoms with E-state index in [0.29, 0.717) is 24.8 Å². The van der Waals surface area contributed by atoms with E-state index in [0.717, 1.165) is 29.8 Å². The Labute approximate surface area is 173 Å². The van der Waals surface area contributed by atoms with Crippen molar-refractivity contribution in [1.82, 2.24) is 15.5 Å². The summed E-state index contributed by atoms with van der Waals surface area (Å²) in [5.41, 5.74) is 10.3. The molecule has 158 valence electrons. The molecule has 2 aliphatic carbocycles. The van der Waals surface area contributed by atoms with Crippen LogP contribution in [0.5, 0.6) is 0 Å². The van der Waals surface area contributed by atoms with Gasteiger partial charge in [0, 0.05) is 44.2 Å². The fourth-order valence-corrected chi connectivity index (χ4v) is 3.93. The van der Waals surface area contributed by atoms with Crippen molar-refractivity contribution < 1.29 is 9.59 Å². The van der Waals surface area contributed by atoms with Crippen molar-refractivity contribution in [1.29, 1.82) is 0 Å². The highest BCUT2D eigenvalue weighted by atomic mass is 16.2. The van der Waals surface area contributed by atoms with Crippen molar-refractivity contribution in [3.63, 3.8) is 0 Å². The van der Waals surface area contributed by atoms with Crippen molar-refractivity contribution >= 4 is 17.6 Å². The molecule has 7 nitrogen and oxygen atoms in total. The van der Waals surface area contributed by atoms with Gasteiger partial charge >= 0.3 is 0 Å². The lowest BCUT2D eigenvalue weighted by molar-refractivity contribution is -0.128. The average Bonchev–Trinajstić information content (AvgIpc) is 3.51. The number of hydrogen-bond acceptors (Lipinski definition) is 4. The maximum absolute atomic E-state index is 12.6. The maximum Gasteiger partial charge on any atom is 0.227 e. The Bertz CT molecular complexity index is 802. The van der Waals surface area contributed by atoms with Crippen LogP contribution in [0.25, 0.3) is 0 Å². The van der Waals surface area contributed by atoms with E-state index in [2.05, 4.69) is 21.7 Å². The molecular formula is C22H33N5O2. The van der Waals surface area contributed by atoms with Crippen LogP contribution in [0.4, 0.5) is 0 Å². The van der Waals surface area contributed by atoms with Crippen molar-refractivity contribution in [3.8, 4) is 0 Å². The van der Waals surface area contributed by atoms with Crippen molar-refractivity contribution in [3.05, 3.63) is 34.7 Å². The van der Waals surface area contributed by atoms with Crippen LogP contribution in [0.1, 0.15) is 46.5 Å². The average molecular weight is 400 g/mol. The lowest BCUT2D eigenvalue weighted by atomic mass is 9.89. The normalized spacial score (nSPS) is 23.0. The maximum atomic E-state index is 12.6. The molecule has 3 aliphatic rings. The van der Waals surface area contributed by atoms with Crippen LogP contribution in [0.3, 0.4) is 0 Å². The second-order valence-corrected chi connectivity index (χ2v) is 8.45. The molecule has 1 atom stereocenters. The molecule has 0 spiro atoms. The first kappa shape index (κ1) is 21.1. The standard InChI is InChI=1S/C22H33N5O2/c1-13(2)25-22(29)17-9-16(15-5-6-15)10-18(11-17)26-21(23)19-12-27(14(3)28)8-7-20(19)24-4/h10-11,13,15,17,24H,5-9,12H2,1-4H3,(H2,23,26)(H,25,29). The van der Waals surface area contributed by atoms with Gasteiger partial charge in [0.1, 0.15) is 5.84 Å². The molecule has 0 saturated heterocycles. The summed E-state index contributed by atoms with van der Waals surface area (Å²) in [7, 11) is 1.86. The second-order valence-electron chi connectivity index (χ2n) is 8.45. The van der Waals surface area contributed by atoms with Gasteiger partial charge in [-0.2, -0.15) is 0 Å². The van der Waals surface area contributed by atoms with E-state index < -0.39 is 0 Å². The number of nitrogens with two attached hydrogens (primary N) is 1. The highest BCUT2D eigenvalue weighted by Gasteiger charge is 2.32. The molecular weight excluding hydrogens is 366 g/mol. The Kier molecular flexibility index (Phi) is 6.45. The number of nitrogens with one attached hydrogen (secondary N) is 2. The van der Waals surface area contributed by atoms with E-state index in [1.807, 2.05) is 27.0 Å². The van der Waals surface area contributed by atoms with E-state index in [9.17, 15) is 9.59 Å². The summed E-state index contributed by atoms with van der Waals surface area (Å²) in [6, 6.07) is 0.103. The quantitative estimate of drug-likeness (QED) is 0.469. The lowest BCUT2D eigenvalue weighted by Crippen LogP contribution is -2.41. The summed E-state index contributed by atoms with van der Waals surface area (Å²) < 4.78 is 0. The first-order valence-corrected chi connectivity index (χ1v) is 10.5. The minimum absolute atomic E-state index is 0.0312. The fraction of sp³-hybridized carbons (Fsp3) is 0.591. The molecule has 4 N–H and O–H groups in total. The van der Waals surface area contributed by atoms with Crippen LogP contribution in [0, 0.1) is 11.8 Å². The molecule has 0 aromatic carbocycles. The summed E-state index contributed by atoms with van der Waals surface area (Å²) in [6.07, 6.45) is 7.85. The highest BCUT2D eigenvalue weighted by molar-refractivity contribution is 5.99. The van der Waals surface area contributed by atoms with Gasteiger partial charge in [0.15, 0.2) is 0 Å². The molecule has 3 rings (SSSR count). The first-order valence-electron chi connectivity index (χ1n) is 10.5. The van der Waals surface area contributed by atoms with E-state index in [1.54, 1.807) is 11.8 Å². The van der Waals surface area contributed by atoms with Crippen molar-refractivity contribution in [2.24, 2.45) is 22.6 Å². The van der Waals surface area contributed by atoms with Crippen LogP contribution in [0.2, 0.25) is 0 Å². The monoisotopic (exact) mass is 399 g/mol. The number of carbonyl (C=O) groups is 2. The molecule has 1 heterocycles. The predicted molar refractivity (Wildman–Crippen MR) is 115 cm³/mol. The minimum Gasteiger partial charge on any atom is -0.391 e. The molecule has 2 amide bonds. The predicted octanol–water partition coefficient (Wildman–Crippen LogP) is 1.83. The number of amides is 2. The minimum atomic E-state index is -0.220. The topological polar surface area (TPSA) is 99.8 Å². The van der Waals surface area contributed by atoms with E-state index in [1.165, 1.54) is 18.4 Å². The molecule has 7 heteroatoms. The third kappa shape index (κ3) is 5.28. The molecule has 0 radical (unpaired) electrons. The molecule has 1 unspecified atom stereocenters. The number of carbonyl (C=O) groups excluding carboxylic acids is 2. The molecule has 1 fully saturated rings. The van der Waals surface area contributed by atoms with Crippen LogP contribution in [-0.4, -0.2) is 48.7 Å². The van der Waals surface area contributed by atoms with Crippen molar-refractivity contribution in [2.75, 3.05) is 20.1 Å². The van der Waals surface area contributed by atoms with Gasteiger partial charge in [0.05, 0.1) is 18.2 Å². The van der Waals surface area contributed by atoms with Crippen LogP contribution < -0.4 is 16.4 Å². The summed E-state index contributed by atoms with van der Waals surface area (Å²) in [6.45, 7) is 6.63. The summed E-state index contributed by atoms with van der Waals surface area (Å²) in [5, 5.41) is 6.21. The molecule has 1 aliphatic heterocycles. The Morgan fingerprint density at radius 2 is 2.03 bits per heavy atom. The van der Waals surface area contributed by atoms with Crippen LogP contribution in [-0.2, 0) is 9.59 Å². The zero-order chi connectivity index (χ0) is 21.1. The number of nitrogens with zero attached hydrogens (tertiary/aromatic N) is 2. The SMILES string of the molecule is CNC1=C(C(N)=NC2=CC(C(=O)NC(C)C)CC(C3CC3)=C2)CN(C(C)=O)CC1. The Morgan fingerprint density at radius 1 is 1.31 bits per heavy atom. The molecule has 29 heavy (non-hydrogen) atoms. The molecule has 0 aromatic heterocycles. The zero-order valence-corrected chi connectivity index (χ0v) is 17.9. The zero-order valence-electron chi connectivity index (χ0n) is 17.9. The number of rotatable bonds is 6. The van der Waals surface area contributed by atoms with E-state index in [-0.39, 0.29) is 23.8 Å². The summed E-state index contributed by atoms with van der Waals surface area (Å²) in [5.74, 6) is 0.821. The van der Waals surface area contributed by atoms with Crippen LogP contribution in [0.15, 0.2) is 39.7 Å². The van der Waals surface area contributed by atoms with Gasteiger partial charge in [-0.3, -0.25) is 9.59 Å². The van der Waals surface area contributed by atoms with Gasteiger partial charge in [-0.1, -0.05) is 5.57 Å². The third-order valence-electron chi connectivity index (χ3n) is 5.68. The molecule has 0 aromatic rings. The first-order chi connectivity index (χ1) is 13.8. The number of allylic oxidation sites excluding steroid dienone is 2. The molecule has 0 bridgehead atoms. The summed E-state index contributed by atoms with van der Waals surface area (Å²) >= 11 is 0. The fourth-order valence-electron chi connectivity index (χ4n) is 3.93. The van der Waals surface area contributed by atoms with Crippen molar-refractivity contribution in [2.45, 2.75) is 52.5 Å². The van der Waals surface area contributed by atoms with Gasteiger partial charge < -0.3 is 21.3 Å². The van der Waals surface area contributed by atoms with Gasteiger partial charge in [-0.15, -0.1) is 0 Å². The second kappa shape index (κ2) is 8.84. The summed E-state index contributed by atoms with van der Waals surface area (Å²) in [4.78, 5) is 30.9. The Morgan fingerprint density at radius 3 is 2.62 bits per heavy atom. The number of amidine groups is 1. The molecule has 1 saturated carbocycles. The highest BCUT2D eigenvalue weighted by Crippen LogP contribution is 2.42. The Balaban J connectivity index is 1.88. The van der Waals surface area contributed by atoms with Crippen LogP contribution >= 0.6 is 0 Å².